The Labute approximate surface area is 124 Å². The van der Waals surface area contributed by atoms with Gasteiger partial charge >= 0.3 is 12.1 Å². The Bertz CT molecular complexity index is 503. The number of hydrogen-bond acceptors (Lipinski definition) is 5. The van der Waals surface area contributed by atoms with Crippen molar-refractivity contribution in [3.05, 3.63) is 17.7 Å². The van der Waals surface area contributed by atoms with E-state index in [1.54, 1.807) is 45.5 Å². The third-order valence-corrected chi connectivity index (χ3v) is 2.59. The molecule has 0 fully saturated rings. The average molecular weight is 297 g/mol. The minimum atomic E-state index is -0.522. The van der Waals surface area contributed by atoms with Crippen LogP contribution in [0, 0.1) is 6.92 Å². The van der Waals surface area contributed by atoms with Crippen molar-refractivity contribution in [1.82, 2.24) is 14.9 Å². The first-order chi connectivity index (χ1) is 9.74. The number of rotatable bonds is 5. The van der Waals surface area contributed by atoms with Gasteiger partial charge in [0.25, 0.3) is 0 Å². The van der Waals surface area contributed by atoms with E-state index in [-0.39, 0.29) is 0 Å². The van der Waals surface area contributed by atoms with Gasteiger partial charge in [-0.05, 0) is 34.6 Å². The molecule has 7 heteroatoms. The standard InChI is InChI=1S/C14H23N3O4/c1-6-20-12(18)11-10(2)17(9-16-11)8-7-15-13(19)21-14(3,4)5/h9H,6-8H2,1-5H3,(H,15,19). The highest BCUT2D eigenvalue weighted by Crippen LogP contribution is 2.08. The summed E-state index contributed by atoms with van der Waals surface area (Å²) in [6.45, 7) is 10.1. The van der Waals surface area contributed by atoms with E-state index >= 15 is 0 Å². The minimum absolute atomic E-state index is 0.300. The summed E-state index contributed by atoms with van der Waals surface area (Å²) in [6, 6.07) is 0. The van der Waals surface area contributed by atoms with Crippen LogP contribution in [0.4, 0.5) is 4.79 Å². The zero-order valence-electron chi connectivity index (χ0n) is 13.2. The van der Waals surface area contributed by atoms with Gasteiger partial charge < -0.3 is 19.4 Å². The number of esters is 1. The average Bonchev–Trinajstić information content (AvgIpc) is 2.69. The Hall–Kier alpha value is -2.05. The van der Waals surface area contributed by atoms with Gasteiger partial charge in [-0.15, -0.1) is 0 Å². The number of carbonyl (C=O) groups is 2. The molecule has 0 bridgehead atoms. The molecule has 0 radical (unpaired) electrons. The fourth-order valence-electron chi connectivity index (χ4n) is 1.66. The van der Waals surface area contributed by atoms with Gasteiger partial charge in [0.1, 0.15) is 5.60 Å². The van der Waals surface area contributed by atoms with Crippen molar-refractivity contribution in [3.63, 3.8) is 0 Å². The van der Waals surface area contributed by atoms with E-state index in [1.165, 1.54) is 0 Å². The minimum Gasteiger partial charge on any atom is -0.461 e. The number of carbonyl (C=O) groups excluding carboxylic acids is 2. The Kier molecular flexibility index (Phi) is 5.75. The van der Waals surface area contributed by atoms with Crippen LogP contribution in [-0.4, -0.2) is 40.4 Å². The van der Waals surface area contributed by atoms with Crippen LogP contribution in [-0.2, 0) is 16.0 Å². The molecule has 1 N–H and O–H groups in total. The fraction of sp³-hybridized carbons (Fsp3) is 0.643. The van der Waals surface area contributed by atoms with Crippen molar-refractivity contribution >= 4 is 12.1 Å². The second-order valence-electron chi connectivity index (χ2n) is 5.52. The maximum atomic E-state index is 11.6. The van der Waals surface area contributed by atoms with Crippen molar-refractivity contribution < 1.29 is 19.1 Å². The van der Waals surface area contributed by atoms with Gasteiger partial charge in [-0.1, -0.05) is 0 Å². The molecule has 118 valence electrons. The molecule has 0 aliphatic rings. The van der Waals surface area contributed by atoms with E-state index < -0.39 is 17.7 Å². The molecule has 21 heavy (non-hydrogen) atoms. The summed E-state index contributed by atoms with van der Waals surface area (Å²) < 4.78 is 11.8. The highest BCUT2D eigenvalue weighted by Gasteiger charge is 2.17. The summed E-state index contributed by atoms with van der Waals surface area (Å²) in [4.78, 5) is 27.2. The molecule has 0 unspecified atom stereocenters. The molecule has 1 heterocycles. The Morgan fingerprint density at radius 2 is 2.05 bits per heavy atom. The predicted molar refractivity (Wildman–Crippen MR) is 77.2 cm³/mol. The van der Waals surface area contributed by atoms with E-state index in [9.17, 15) is 9.59 Å². The quantitative estimate of drug-likeness (QED) is 0.839. The number of ether oxygens (including phenoxy) is 2. The fourth-order valence-corrected chi connectivity index (χ4v) is 1.66. The molecule has 1 rings (SSSR count). The lowest BCUT2D eigenvalue weighted by Gasteiger charge is -2.19. The van der Waals surface area contributed by atoms with Crippen LogP contribution in [0.15, 0.2) is 6.33 Å². The van der Waals surface area contributed by atoms with Crippen molar-refractivity contribution in [1.29, 1.82) is 0 Å². The molecule has 0 aliphatic heterocycles. The van der Waals surface area contributed by atoms with Crippen molar-refractivity contribution in [3.8, 4) is 0 Å². The third-order valence-electron chi connectivity index (χ3n) is 2.59. The molecule has 7 nitrogen and oxygen atoms in total. The number of alkyl carbamates (subject to hydrolysis) is 1. The summed E-state index contributed by atoms with van der Waals surface area (Å²) in [7, 11) is 0. The lowest BCUT2D eigenvalue weighted by atomic mass is 10.2. The molecule has 1 amide bonds. The first-order valence-corrected chi connectivity index (χ1v) is 6.90. The summed E-state index contributed by atoms with van der Waals surface area (Å²) >= 11 is 0. The molecular weight excluding hydrogens is 274 g/mol. The van der Waals surface area contributed by atoms with Crippen molar-refractivity contribution in [2.75, 3.05) is 13.2 Å². The zero-order valence-corrected chi connectivity index (χ0v) is 13.2. The smallest absolute Gasteiger partial charge is 0.407 e. The summed E-state index contributed by atoms with van der Waals surface area (Å²) in [5.41, 5.74) is 0.486. The summed E-state index contributed by atoms with van der Waals surface area (Å²) in [5, 5.41) is 2.65. The molecule has 1 aromatic heterocycles. The largest absolute Gasteiger partial charge is 0.461 e. The van der Waals surface area contributed by atoms with Gasteiger partial charge in [0.15, 0.2) is 5.69 Å². The Morgan fingerprint density at radius 1 is 1.38 bits per heavy atom. The van der Waals surface area contributed by atoms with Crippen LogP contribution >= 0.6 is 0 Å². The van der Waals surface area contributed by atoms with Gasteiger partial charge in [0, 0.05) is 18.8 Å². The van der Waals surface area contributed by atoms with Crippen LogP contribution < -0.4 is 5.32 Å². The SMILES string of the molecule is CCOC(=O)c1ncn(CCNC(=O)OC(C)(C)C)c1C. The molecule has 0 saturated carbocycles. The molecular formula is C14H23N3O4. The van der Waals surface area contributed by atoms with Crippen LogP contribution in [0.2, 0.25) is 0 Å². The number of nitrogens with zero attached hydrogens (tertiary/aromatic N) is 2. The monoisotopic (exact) mass is 297 g/mol. The van der Waals surface area contributed by atoms with Crippen LogP contribution in [0.25, 0.3) is 0 Å². The highest BCUT2D eigenvalue weighted by atomic mass is 16.6. The van der Waals surface area contributed by atoms with Crippen molar-refractivity contribution in [2.24, 2.45) is 0 Å². The molecule has 1 aromatic rings. The predicted octanol–water partition coefficient (Wildman–Crippen LogP) is 1.89. The molecule has 0 spiro atoms. The number of nitrogens with one attached hydrogen (secondary N) is 1. The van der Waals surface area contributed by atoms with Gasteiger partial charge in [-0.25, -0.2) is 14.6 Å². The van der Waals surface area contributed by atoms with E-state index in [4.69, 9.17) is 9.47 Å². The normalized spacial score (nSPS) is 11.1. The van der Waals surface area contributed by atoms with Crippen LogP contribution in [0.3, 0.4) is 0 Å². The first kappa shape index (κ1) is 17.0. The maximum absolute atomic E-state index is 11.6. The van der Waals surface area contributed by atoms with E-state index in [2.05, 4.69) is 10.3 Å². The van der Waals surface area contributed by atoms with Gasteiger partial charge in [0.2, 0.25) is 0 Å². The second kappa shape index (κ2) is 7.10. The first-order valence-electron chi connectivity index (χ1n) is 6.90. The van der Waals surface area contributed by atoms with Gasteiger partial charge in [-0.2, -0.15) is 0 Å². The van der Waals surface area contributed by atoms with Crippen LogP contribution in [0.1, 0.15) is 43.9 Å². The number of imidazole rings is 1. The van der Waals surface area contributed by atoms with Gasteiger partial charge in [0.05, 0.1) is 12.9 Å². The topological polar surface area (TPSA) is 82.5 Å². The molecule has 0 atom stereocenters. The van der Waals surface area contributed by atoms with E-state index in [1.807, 2.05) is 0 Å². The summed E-state index contributed by atoms with van der Waals surface area (Å²) in [6.07, 6.45) is 1.09. The number of hydrogen-bond donors (Lipinski definition) is 1. The molecule has 0 saturated heterocycles. The highest BCUT2D eigenvalue weighted by molar-refractivity contribution is 5.88. The van der Waals surface area contributed by atoms with Crippen LogP contribution in [0.5, 0.6) is 0 Å². The van der Waals surface area contributed by atoms with E-state index in [0.717, 1.165) is 0 Å². The molecule has 0 aliphatic carbocycles. The van der Waals surface area contributed by atoms with E-state index in [0.29, 0.717) is 31.1 Å². The lowest BCUT2D eigenvalue weighted by Crippen LogP contribution is -2.34. The third kappa shape index (κ3) is 5.45. The lowest BCUT2D eigenvalue weighted by molar-refractivity contribution is 0.0509. The Morgan fingerprint density at radius 3 is 2.62 bits per heavy atom. The number of aromatic nitrogens is 2. The zero-order chi connectivity index (χ0) is 16.0. The van der Waals surface area contributed by atoms with Gasteiger partial charge in [-0.3, -0.25) is 0 Å². The Balaban J connectivity index is 2.50. The number of amides is 1. The molecule has 0 aromatic carbocycles. The van der Waals surface area contributed by atoms with Crippen molar-refractivity contribution in [2.45, 2.75) is 46.8 Å². The maximum Gasteiger partial charge on any atom is 0.407 e. The second-order valence-corrected chi connectivity index (χ2v) is 5.52. The summed E-state index contributed by atoms with van der Waals surface area (Å²) in [5.74, 6) is -0.436.